The van der Waals surface area contributed by atoms with Crippen molar-refractivity contribution in [1.29, 1.82) is 0 Å². The van der Waals surface area contributed by atoms with Gasteiger partial charge in [0.05, 0.1) is 4.83 Å². The molecule has 0 aromatic heterocycles. The first-order valence-electron chi connectivity index (χ1n) is 6.57. The molecule has 140 valence electrons. The van der Waals surface area contributed by atoms with E-state index >= 15 is 0 Å². The first kappa shape index (κ1) is 25.0. The summed E-state index contributed by atoms with van der Waals surface area (Å²) in [7, 11) is 0. The predicted molar refractivity (Wildman–Crippen MR) is 142 cm³/mol. The van der Waals surface area contributed by atoms with E-state index in [0.717, 1.165) is 5.56 Å². The number of halogens is 10. The van der Waals surface area contributed by atoms with Crippen molar-refractivity contribution in [2.45, 2.75) is 28.5 Å². The highest BCUT2D eigenvalue weighted by Gasteiger charge is 2.81. The van der Waals surface area contributed by atoms with Crippen LogP contribution in [0.5, 0.6) is 0 Å². The fourth-order valence-corrected chi connectivity index (χ4v) is 13.7. The molecule has 1 aliphatic rings. The molecular weight excluding hydrogens is 983 g/mol. The molecule has 0 radical (unpaired) electrons. The van der Waals surface area contributed by atoms with Crippen molar-refractivity contribution < 1.29 is 4.79 Å². The number of Topliss-reactive ketones (excluding diaryl/α,β-unsaturated/α-hetero) is 1. The van der Waals surface area contributed by atoms with Crippen LogP contribution in [0.4, 0.5) is 0 Å². The van der Waals surface area contributed by atoms with E-state index in [2.05, 4.69) is 159 Å². The van der Waals surface area contributed by atoms with Gasteiger partial charge in [0.15, 0.2) is 5.78 Å². The van der Waals surface area contributed by atoms with E-state index in [0.29, 0.717) is 0 Å². The SMILES string of the molecule is O=C(Cc1ccccc1)C1(Br)C(Br)C(Br)(Br)C(Br)(Br)C(Br)(Br)C1(Br)Br. The summed E-state index contributed by atoms with van der Waals surface area (Å²) in [6.45, 7) is 0. The van der Waals surface area contributed by atoms with Crippen LogP contribution in [0.2, 0.25) is 0 Å². The van der Waals surface area contributed by atoms with Crippen LogP contribution in [0.25, 0.3) is 0 Å². The lowest BCUT2D eigenvalue weighted by atomic mass is 9.82. The van der Waals surface area contributed by atoms with E-state index < -0.39 is 17.3 Å². The Hall–Kier alpha value is 3.69. The molecule has 2 atom stereocenters. The van der Waals surface area contributed by atoms with Gasteiger partial charge in [0, 0.05) is 6.42 Å². The van der Waals surface area contributed by atoms with Crippen molar-refractivity contribution in [2.24, 2.45) is 0 Å². The van der Waals surface area contributed by atoms with Crippen LogP contribution >= 0.6 is 159 Å². The summed E-state index contributed by atoms with van der Waals surface area (Å²) in [5.41, 5.74) is 0.945. The highest BCUT2D eigenvalue weighted by molar-refractivity contribution is 9.35. The highest BCUT2D eigenvalue weighted by Crippen LogP contribution is 2.77. The lowest BCUT2D eigenvalue weighted by molar-refractivity contribution is -0.121. The molecule has 1 saturated carbocycles. The van der Waals surface area contributed by atoms with Crippen LogP contribution in [0, 0.1) is 0 Å². The Balaban J connectivity index is 2.59. The van der Waals surface area contributed by atoms with Crippen molar-refractivity contribution in [1.82, 2.24) is 0 Å². The van der Waals surface area contributed by atoms with Crippen molar-refractivity contribution in [3.05, 3.63) is 35.9 Å². The third-order valence-corrected chi connectivity index (χ3v) is 25.5. The molecule has 1 aromatic rings. The van der Waals surface area contributed by atoms with Crippen LogP contribution in [0.15, 0.2) is 30.3 Å². The molecule has 0 heterocycles. The summed E-state index contributed by atoms with van der Waals surface area (Å²) in [6.07, 6.45) is 0.275. The maximum Gasteiger partial charge on any atom is 0.157 e. The summed E-state index contributed by atoms with van der Waals surface area (Å²) >= 11 is 37.3. The van der Waals surface area contributed by atoms with Crippen molar-refractivity contribution >= 4 is 165 Å². The van der Waals surface area contributed by atoms with Gasteiger partial charge in [0.2, 0.25) is 0 Å². The lowest BCUT2D eigenvalue weighted by Gasteiger charge is -2.62. The summed E-state index contributed by atoms with van der Waals surface area (Å²) < 4.78 is -4.36. The van der Waals surface area contributed by atoms with Gasteiger partial charge in [-0.25, -0.2) is 0 Å². The molecular formula is C14H8Br10O. The molecule has 1 aromatic carbocycles. The topological polar surface area (TPSA) is 17.1 Å². The van der Waals surface area contributed by atoms with Gasteiger partial charge in [-0.15, -0.1) is 0 Å². The minimum atomic E-state index is -1.05. The van der Waals surface area contributed by atoms with Gasteiger partial charge in [-0.05, 0) is 5.56 Å². The van der Waals surface area contributed by atoms with E-state index in [1.807, 2.05) is 30.3 Å². The highest BCUT2D eigenvalue weighted by atomic mass is 79.9. The monoisotopic (exact) mass is 981 g/mol. The number of ketones is 1. The molecule has 0 amide bonds. The summed E-state index contributed by atoms with van der Waals surface area (Å²) in [6, 6.07) is 9.65. The second-order valence-corrected chi connectivity index (χ2v) is 21.6. The van der Waals surface area contributed by atoms with Crippen LogP contribution < -0.4 is 0 Å². The van der Waals surface area contributed by atoms with Gasteiger partial charge in [-0.1, -0.05) is 190 Å². The predicted octanol–water partition coefficient (Wildman–Crippen LogP) is 8.65. The number of hydrogen-bond donors (Lipinski definition) is 0. The summed E-state index contributed by atoms with van der Waals surface area (Å²) in [5.74, 6) is -0.00336. The second-order valence-electron chi connectivity index (χ2n) is 5.51. The van der Waals surface area contributed by atoms with Crippen LogP contribution in [0.3, 0.4) is 0 Å². The average molecular weight is 991 g/mol. The summed E-state index contributed by atoms with van der Waals surface area (Å²) in [5, 5.41) is 0. The zero-order chi connectivity index (χ0) is 19.5. The standard InChI is InChI=1S/C14H8Br10O/c15-9-10(16,8(25)6-7-4-2-1-3-5-7)12(19,20)14(23,24)13(21,22)11(9,17)18/h1-5,9H,6H2. The van der Waals surface area contributed by atoms with Crippen molar-refractivity contribution in [2.75, 3.05) is 0 Å². The van der Waals surface area contributed by atoms with Gasteiger partial charge >= 0.3 is 0 Å². The van der Waals surface area contributed by atoms with Crippen LogP contribution in [0.1, 0.15) is 5.56 Å². The van der Waals surface area contributed by atoms with Crippen molar-refractivity contribution in [3.63, 3.8) is 0 Å². The van der Waals surface area contributed by atoms with Crippen molar-refractivity contribution in [3.8, 4) is 0 Å². The molecule has 0 saturated heterocycles. The van der Waals surface area contributed by atoms with E-state index in [-0.39, 0.29) is 17.0 Å². The maximum absolute atomic E-state index is 13.5. The molecule has 0 bridgehead atoms. The number of rotatable bonds is 3. The normalized spacial score (nSPS) is 32.2. The Morgan fingerprint density at radius 2 is 1.28 bits per heavy atom. The van der Waals surface area contributed by atoms with Gasteiger partial charge in [0.25, 0.3) is 0 Å². The van der Waals surface area contributed by atoms with Gasteiger partial charge < -0.3 is 0 Å². The third kappa shape index (κ3) is 3.76. The lowest BCUT2D eigenvalue weighted by Crippen LogP contribution is -2.76. The zero-order valence-corrected chi connectivity index (χ0v) is 27.7. The number of carbonyl (C=O) groups excluding carboxylic acids is 1. The molecule has 11 heteroatoms. The second kappa shape index (κ2) is 8.32. The fraction of sp³-hybridized carbons (Fsp3) is 0.500. The smallest absolute Gasteiger partial charge is 0.157 e. The molecule has 1 nitrogen and oxygen atoms in total. The van der Waals surface area contributed by atoms with E-state index in [4.69, 9.17) is 0 Å². The van der Waals surface area contributed by atoms with Gasteiger partial charge in [-0.3, -0.25) is 4.79 Å². The van der Waals surface area contributed by atoms with Gasteiger partial charge in [-0.2, -0.15) is 0 Å². The third-order valence-electron chi connectivity index (χ3n) is 3.95. The summed E-state index contributed by atoms with van der Waals surface area (Å²) in [4.78, 5) is 13.1. The number of hydrogen-bond acceptors (Lipinski definition) is 1. The minimum absolute atomic E-state index is 0.00336. The van der Waals surface area contributed by atoms with E-state index in [1.165, 1.54) is 0 Å². The molecule has 2 unspecified atom stereocenters. The number of benzene rings is 1. The quantitative estimate of drug-likeness (QED) is 0.278. The van der Waals surface area contributed by atoms with E-state index in [9.17, 15) is 4.79 Å². The molecule has 0 N–H and O–H groups in total. The molecule has 2 rings (SSSR count). The Bertz CT molecular complexity index is 671. The van der Waals surface area contributed by atoms with Crippen LogP contribution in [-0.4, -0.2) is 27.9 Å². The molecule has 0 aliphatic heterocycles. The minimum Gasteiger partial charge on any atom is -0.298 e. The molecule has 1 aliphatic carbocycles. The van der Waals surface area contributed by atoms with Gasteiger partial charge in [0.1, 0.15) is 17.3 Å². The van der Waals surface area contributed by atoms with E-state index in [1.54, 1.807) is 0 Å². The first-order chi connectivity index (χ1) is 11.2. The molecule has 25 heavy (non-hydrogen) atoms. The van der Waals surface area contributed by atoms with Crippen LogP contribution in [-0.2, 0) is 11.2 Å². The number of carbonyl (C=O) groups is 1. The molecule has 0 spiro atoms. The fourth-order valence-electron chi connectivity index (χ4n) is 2.43. The Morgan fingerprint density at radius 1 is 0.800 bits per heavy atom. The zero-order valence-electron chi connectivity index (χ0n) is 11.9. The molecule has 1 fully saturated rings. The maximum atomic E-state index is 13.5. The Labute approximate surface area is 230 Å². The number of alkyl halides is 10. The first-order valence-corrected chi connectivity index (χ1v) is 14.6. The Kier molecular flexibility index (Phi) is 8.31. The largest absolute Gasteiger partial charge is 0.298 e. The Morgan fingerprint density at radius 3 is 1.76 bits per heavy atom. The average Bonchev–Trinajstić information content (AvgIpc) is 2.52.